The second-order valence-electron chi connectivity index (χ2n) is 5.93. The lowest BCUT2D eigenvalue weighted by Crippen LogP contribution is -2.49. The van der Waals surface area contributed by atoms with E-state index in [9.17, 15) is 9.90 Å². The first-order valence-electron chi connectivity index (χ1n) is 7.60. The highest BCUT2D eigenvalue weighted by atomic mass is 16.3. The summed E-state index contributed by atoms with van der Waals surface area (Å²) in [5.41, 5.74) is 1.14. The number of piperazine rings is 1. The van der Waals surface area contributed by atoms with Crippen LogP contribution < -0.4 is 0 Å². The van der Waals surface area contributed by atoms with Gasteiger partial charge in [0.1, 0.15) is 5.75 Å². The van der Waals surface area contributed by atoms with Crippen molar-refractivity contribution < 1.29 is 15.0 Å². The molecule has 1 heterocycles. The van der Waals surface area contributed by atoms with Gasteiger partial charge in [0.05, 0.1) is 6.61 Å². The molecule has 2 fully saturated rings. The van der Waals surface area contributed by atoms with Crippen LogP contribution in [0.4, 0.5) is 0 Å². The third kappa shape index (κ3) is 3.19. The first-order chi connectivity index (χ1) is 10.2. The maximum absolute atomic E-state index is 12.5. The Morgan fingerprint density at radius 3 is 2.43 bits per heavy atom. The van der Waals surface area contributed by atoms with Gasteiger partial charge in [0, 0.05) is 38.6 Å². The number of aliphatic hydroxyl groups excluding tert-OH is 1. The lowest BCUT2D eigenvalue weighted by Gasteiger charge is -2.34. The summed E-state index contributed by atoms with van der Waals surface area (Å²) in [5, 5.41) is 18.2. The van der Waals surface area contributed by atoms with Crippen molar-refractivity contribution >= 4 is 5.91 Å². The van der Waals surface area contributed by atoms with Gasteiger partial charge in [-0.25, -0.2) is 0 Å². The van der Waals surface area contributed by atoms with E-state index in [2.05, 4.69) is 4.90 Å². The fourth-order valence-electron chi connectivity index (χ4n) is 3.13. The average molecular weight is 290 g/mol. The Balaban J connectivity index is 1.52. The molecule has 5 nitrogen and oxygen atoms in total. The summed E-state index contributed by atoms with van der Waals surface area (Å²) in [6, 6.07) is 7.19. The molecule has 1 aromatic rings. The Kier molecular flexibility index (Phi) is 4.12. The summed E-state index contributed by atoms with van der Waals surface area (Å²) >= 11 is 0. The quantitative estimate of drug-likeness (QED) is 0.854. The zero-order chi connectivity index (χ0) is 14.8. The van der Waals surface area contributed by atoms with Crippen molar-refractivity contribution in [3.63, 3.8) is 0 Å². The highest BCUT2D eigenvalue weighted by Gasteiger charge is 2.45. The highest BCUT2D eigenvalue weighted by molar-refractivity contribution is 5.83. The van der Waals surface area contributed by atoms with E-state index >= 15 is 0 Å². The summed E-state index contributed by atoms with van der Waals surface area (Å²) in [4.78, 5) is 16.6. The molecular weight excluding hydrogens is 268 g/mol. The second-order valence-corrected chi connectivity index (χ2v) is 5.93. The molecule has 2 atom stereocenters. The third-order valence-corrected chi connectivity index (χ3v) is 4.53. The Morgan fingerprint density at radius 1 is 1.14 bits per heavy atom. The summed E-state index contributed by atoms with van der Waals surface area (Å²) in [5.74, 6) is 0.950. The molecule has 0 spiro atoms. The third-order valence-electron chi connectivity index (χ3n) is 4.53. The molecule has 1 saturated carbocycles. The molecule has 2 aliphatic rings. The van der Waals surface area contributed by atoms with Crippen molar-refractivity contribution in [3.8, 4) is 5.75 Å². The molecule has 1 aliphatic heterocycles. The number of aliphatic hydroxyl groups is 1. The molecule has 21 heavy (non-hydrogen) atoms. The van der Waals surface area contributed by atoms with Gasteiger partial charge in [-0.05, 0) is 30.0 Å². The molecule has 114 valence electrons. The molecule has 2 N–H and O–H groups in total. The number of hydrogen-bond donors (Lipinski definition) is 2. The van der Waals surface area contributed by atoms with E-state index in [1.807, 2.05) is 17.0 Å². The van der Waals surface area contributed by atoms with Gasteiger partial charge in [0.25, 0.3) is 0 Å². The highest BCUT2D eigenvalue weighted by Crippen LogP contribution is 2.48. The smallest absolute Gasteiger partial charge is 0.226 e. The minimum Gasteiger partial charge on any atom is -0.508 e. The van der Waals surface area contributed by atoms with Crippen LogP contribution in [-0.4, -0.2) is 65.3 Å². The maximum atomic E-state index is 12.5. The number of nitrogens with zero attached hydrogens (tertiary/aromatic N) is 2. The van der Waals surface area contributed by atoms with Gasteiger partial charge in [-0.15, -0.1) is 0 Å². The molecule has 1 aromatic carbocycles. The normalized spacial score (nSPS) is 25.9. The summed E-state index contributed by atoms with van der Waals surface area (Å²) in [6.07, 6.45) is 0.917. The SMILES string of the molecule is O=C(C1CC1c1ccc(O)cc1)N1CCN(CCO)CC1. The van der Waals surface area contributed by atoms with E-state index < -0.39 is 0 Å². The van der Waals surface area contributed by atoms with Gasteiger partial charge >= 0.3 is 0 Å². The number of phenols is 1. The lowest BCUT2D eigenvalue weighted by molar-refractivity contribution is -0.134. The van der Waals surface area contributed by atoms with Crippen molar-refractivity contribution in [2.75, 3.05) is 39.3 Å². The molecule has 1 saturated heterocycles. The second kappa shape index (κ2) is 6.03. The van der Waals surface area contributed by atoms with E-state index in [0.29, 0.717) is 12.5 Å². The molecule has 0 radical (unpaired) electrons. The number of rotatable bonds is 4. The van der Waals surface area contributed by atoms with Crippen molar-refractivity contribution in [1.29, 1.82) is 0 Å². The molecule has 1 amide bonds. The van der Waals surface area contributed by atoms with Gasteiger partial charge in [-0.2, -0.15) is 0 Å². The fraction of sp³-hybridized carbons (Fsp3) is 0.562. The van der Waals surface area contributed by atoms with Gasteiger partial charge in [-0.1, -0.05) is 12.1 Å². The summed E-state index contributed by atoms with van der Waals surface area (Å²) < 4.78 is 0. The predicted octanol–water partition coefficient (Wildman–Crippen LogP) is 0.632. The largest absolute Gasteiger partial charge is 0.508 e. The summed E-state index contributed by atoms with van der Waals surface area (Å²) in [7, 11) is 0. The van der Waals surface area contributed by atoms with Gasteiger partial charge < -0.3 is 15.1 Å². The van der Waals surface area contributed by atoms with E-state index in [1.54, 1.807) is 12.1 Å². The molecular formula is C16H22N2O3. The van der Waals surface area contributed by atoms with Crippen LogP contribution in [0.1, 0.15) is 17.9 Å². The van der Waals surface area contributed by atoms with Gasteiger partial charge in [-0.3, -0.25) is 9.69 Å². The Labute approximate surface area is 124 Å². The van der Waals surface area contributed by atoms with Crippen molar-refractivity contribution in [2.45, 2.75) is 12.3 Å². The van der Waals surface area contributed by atoms with Crippen LogP contribution in [0.3, 0.4) is 0 Å². The van der Waals surface area contributed by atoms with Gasteiger partial charge in [0.15, 0.2) is 0 Å². The maximum Gasteiger partial charge on any atom is 0.226 e. The molecule has 2 unspecified atom stereocenters. The Hall–Kier alpha value is -1.59. The minimum absolute atomic E-state index is 0.110. The van der Waals surface area contributed by atoms with E-state index in [4.69, 9.17) is 5.11 Å². The predicted molar refractivity (Wildman–Crippen MR) is 79.1 cm³/mol. The number of phenolic OH excluding ortho intramolecular Hbond substituents is 1. The van der Waals surface area contributed by atoms with Crippen LogP contribution in [0, 0.1) is 5.92 Å². The number of carbonyl (C=O) groups excluding carboxylic acids is 1. The standard InChI is InChI=1S/C16H22N2O3/c19-10-9-17-5-7-18(8-6-17)16(21)15-11-14(15)12-1-3-13(20)4-2-12/h1-4,14-15,19-20H,5-11H2. The Bertz CT molecular complexity index is 495. The molecule has 0 bridgehead atoms. The monoisotopic (exact) mass is 290 g/mol. The van der Waals surface area contributed by atoms with Crippen LogP contribution in [0.15, 0.2) is 24.3 Å². The first-order valence-corrected chi connectivity index (χ1v) is 7.60. The fourth-order valence-corrected chi connectivity index (χ4v) is 3.13. The van der Waals surface area contributed by atoms with E-state index in [1.165, 1.54) is 0 Å². The number of amides is 1. The number of hydrogen-bond acceptors (Lipinski definition) is 4. The lowest BCUT2D eigenvalue weighted by atomic mass is 10.1. The van der Waals surface area contributed by atoms with Crippen LogP contribution in [0.5, 0.6) is 5.75 Å². The average Bonchev–Trinajstić information content (AvgIpc) is 3.29. The molecule has 0 aromatic heterocycles. The zero-order valence-corrected chi connectivity index (χ0v) is 12.1. The number of carbonyl (C=O) groups is 1. The number of benzene rings is 1. The van der Waals surface area contributed by atoms with Crippen LogP contribution in [-0.2, 0) is 4.79 Å². The Morgan fingerprint density at radius 2 is 1.81 bits per heavy atom. The van der Waals surface area contributed by atoms with E-state index in [0.717, 1.165) is 38.2 Å². The molecule has 1 aliphatic carbocycles. The number of aromatic hydroxyl groups is 1. The van der Waals surface area contributed by atoms with Crippen LogP contribution >= 0.6 is 0 Å². The first kappa shape index (κ1) is 14.4. The molecule has 3 rings (SSSR count). The van der Waals surface area contributed by atoms with Gasteiger partial charge in [0.2, 0.25) is 5.91 Å². The van der Waals surface area contributed by atoms with Crippen molar-refractivity contribution in [3.05, 3.63) is 29.8 Å². The van der Waals surface area contributed by atoms with Crippen molar-refractivity contribution in [1.82, 2.24) is 9.80 Å². The van der Waals surface area contributed by atoms with Crippen LogP contribution in [0.2, 0.25) is 0 Å². The zero-order valence-electron chi connectivity index (χ0n) is 12.1. The molecule has 5 heteroatoms. The minimum atomic E-state index is 0.110. The summed E-state index contributed by atoms with van der Waals surface area (Å²) in [6.45, 7) is 4.10. The topological polar surface area (TPSA) is 64.0 Å². The van der Waals surface area contributed by atoms with E-state index in [-0.39, 0.29) is 24.2 Å². The number of β-amino-alcohol motifs (C(OH)–C–C–N with tert-alkyl or cyclic N) is 1. The van der Waals surface area contributed by atoms with Crippen LogP contribution in [0.25, 0.3) is 0 Å². The van der Waals surface area contributed by atoms with Crippen molar-refractivity contribution in [2.24, 2.45) is 5.92 Å².